The summed E-state index contributed by atoms with van der Waals surface area (Å²) in [6.45, 7) is 0. The van der Waals surface area contributed by atoms with E-state index >= 15 is 0 Å². The molecule has 0 aromatic heterocycles. The van der Waals surface area contributed by atoms with E-state index in [0.717, 1.165) is 49.7 Å². The van der Waals surface area contributed by atoms with Crippen molar-refractivity contribution in [3.63, 3.8) is 0 Å². The van der Waals surface area contributed by atoms with Gasteiger partial charge in [0.25, 0.3) is 0 Å². The topological polar surface area (TPSA) is 91.7 Å². The van der Waals surface area contributed by atoms with Crippen LogP contribution in [0, 0.1) is 0 Å². The van der Waals surface area contributed by atoms with E-state index in [1.165, 1.54) is 0 Å². The molecule has 2 aliphatic carbocycles. The highest BCUT2D eigenvalue weighted by Gasteiger charge is 2.39. The summed E-state index contributed by atoms with van der Waals surface area (Å²) in [6, 6.07) is 10.3. The number of carbonyl (C=O) groups excluding carboxylic acids is 2. The Hall–Kier alpha value is -2.15. The quantitative estimate of drug-likeness (QED) is 0.552. The maximum Gasteiger partial charge on any atom is 0.194 e. The summed E-state index contributed by atoms with van der Waals surface area (Å²) in [5.74, 6) is -0.518. The first kappa shape index (κ1) is 22.6. The summed E-state index contributed by atoms with van der Waals surface area (Å²) in [5.41, 5.74) is -0.163. The molecule has 0 amide bonds. The highest BCUT2D eigenvalue weighted by molar-refractivity contribution is 7.85. The second-order valence-electron chi connectivity index (χ2n) is 9.93. The maximum absolute atomic E-state index is 13.2. The summed E-state index contributed by atoms with van der Waals surface area (Å²) in [7, 11) is -1.41. The van der Waals surface area contributed by atoms with Gasteiger partial charge < -0.3 is 10.2 Å². The zero-order valence-electron chi connectivity index (χ0n) is 18.8. The van der Waals surface area contributed by atoms with Crippen molar-refractivity contribution in [2.75, 3.05) is 0 Å². The second-order valence-corrected chi connectivity index (χ2v) is 11.4. The van der Waals surface area contributed by atoms with Gasteiger partial charge in [-0.1, -0.05) is 50.7 Å². The SMILES string of the molecule is O=C(c1ccc2c(c1)Cc1cc(C(=O)C3(O)CCCCC3)ccc1S2=O)C1(O)CCCCC1. The fourth-order valence-corrected chi connectivity index (χ4v) is 7.03. The predicted molar refractivity (Wildman–Crippen MR) is 125 cm³/mol. The molecule has 3 aliphatic rings. The van der Waals surface area contributed by atoms with E-state index in [2.05, 4.69) is 0 Å². The van der Waals surface area contributed by atoms with Crippen LogP contribution in [-0.2, 0) is 17.2 Å². The van der Waals surface area contributed by atoms with E-state index < -0.39 is 22.0 Å². The molecule has 0 saturated heterocycles. The molecule has 5 rings (SSSR count). The van der Waals surface area contributed by atoms with E-state index in [4.69, 9.17) is 0 Å². The Morgan fingerprint density at radius 1 is 0.667 bits per heavy atom. The first-order valence-corrected chi connectivity index (χ1v) is 13.2. The summed E-state index contributed by atoms with van der Waals surface area (Å²) < 4.78 is 13.2. The minimum absolute atomic E-state index is 0.259. The molecule has 0 atom stereocenters. The highest BCUT2D eigenvalue weighted by atomic mass is 32.2. The number of Topliss-reactive ketones (excluding diaryl/α,β-unsaturated/α-hetero) is 2. The van der Waals surface area contributed by atoms with Gasteiger partial charge in [0.2, 0.25) is 0 Å². The number of aliphatic hydroxyl groups is 2. The molecule has 1 aliphatic heterocycles. The third kappa shape index (κ3) is 4.02. The van der Waals surface area contributed by atoms with Gasteiger partial charge in [0.1, 0.15) is 11.2 Å². The van der Waals surface area contributed by atoms with Crippen LogP contribution in [0.1, 0.15) is 96.1 Å². The van der Waals surface area contributed by atoms with Crippen LogP contribution >= 0.6 is 0 Å². The van der Waals surface area contributed by atoms with Crippen LogP contribution in [0.25, 0.3) is 0 Å². The lowest BCUT2D eigenvalue weighted by Gasteiger charge is -2.31. The molecule has 1 heterocycles. The molecule has 2 saturated carbocycles. The first-order chi connectivity index (χ1) is 15.8. The van der Waals surface area contributed by atoms with Crippen LogP contribution < -0.4 is 0 Å². The number of ketones is 2. The second kappa shape index (κ2) is 8.57. The predicted octanol–water partition coefficient (Wildman–Crippen LogP) is 4.51. The van der Waals surface area contributed by atoms with E-state index in [9.17, 15) is 24.0 Å². The number of benzene rings is 2. The van der Waals surface area contributed by atoms with Crippen molar-refractivity contribution < 1.29 is 24.0 Å². The minimum atomic E-state index is -1.41. The average molecular weight is 467 g/mol. The Labute approximate surface area is 196 Å². The lowest BCUT2D eigenvalue weighted by molar-refractivity contribution is 0.0116. The average Bonchev–Trinajstić information content (AvgIpc) is 2.83. The van der Waals surface area contributed by atoms with Gasteiger partial charge in [-0.3, -0.25) is 9.59 Å². The van der Waals surface area contributed by atoms with Gasteiger partial charge in [-0.15, -0.1) is 0 Å². The molecule has 2 fully saturated rings. The number of fused-ring (bicyclic) bond motifs is 2. The Balaban J connectivity index is 1.45. The molecule has 0 unspecified atom stereocenters. The van der Waals surface area contributed by atoms with Gasteiger partial charge in [-0.2, -0.15) is 0 Å². The van der Waals surface area contributed by atoms with Gasteiger partial charge in [-0.05, 0) is 67.5 Å². The van der Waals surface area contributed by atoms with E-state index in [1.54, 1.807) is 36.4 Å². The number of rotatable bonds is 4. The van der Waals surface area contributed by atoms with Crippen LogP contribution in [0.15, 0.2) is 46.2 Å². The molecule has 2 N–H and O–H groups in total. The van der Waals surface area contributed by atoms with Crippen molar-refractivity contribution in [3.8, 4) is 0 Å². The van der Waals surface area contributed by atoms with Crippen LogP contribution in [0.2, 0.25) is 0 Å². The van der Waals surface area contributed by atoms with Crippen LogP contribution in [0.3, 0.4) is 0 Å². The van der Waals surface area contributed by atoms with Crippen molar-refractivity contribution in [2.45, 2.75) is 91.6 Å². The Bertz CT molecular complexity index is 1050. The normalized spacial score (nSPS) is 21.6. The smallest absolute Gasteiger partial charge is 0.194 e. The van der Waals surface area contributed by atoms with Gasteiger partial charge in [0, 0.05) is 20.9 Å². The Kier molecular flexibility index (Phi) is 5.88. The van der Waals surface area contributed by atoms with Crippen LogP contribution in [0.5, 0.6) is 0 Å². The zero-order chi connectivity index (χ0) is 23.2. The molecule has 0 bridgehead atoms. The zero-order valence-corrected chi connectivity index (χ0v) is 19.6. The summed E-state index contributed by atoms with van der Waals surface area (Å²) in [4.78, 5) is 27.5. The molecule has 33 heavy (non-hydrogen) atoms. The molecular formula is C27H30O5S. The van der Waals surface area contributed by atoms with E-state index in [0.29, 0.717) is 53.0 Å². The van der Waals surface area contributed by atoms with E-state index in [1.807, 2.05) is 0 Å². The summed E-state index contributed by atoms with van der Waals surface area (Å²) >= 11 is 0. The van der Waals surface area contributed by atoms with Crippen LogP contribution in [-0.4, -0.2) is 37.2 Å². The molecule has 2 aromatic rings. The molecule has 6 heteroatoms. The van der Waals surface area contributed by atoms with Crippen molar-refractivity contribution in [1.82, 2.24) is 0 Å². The van der Waals surface area contributed by atoms with Crippen molar-refractivity contribution in [1.29, 1.82) is 0 Å². The number of hydrogen-bond donors (Lipinski definition) is 2. The van der Waals surface area contributed by atoms with Gasteiger partial charge in [-0.25, -0.2) is 4.21 Å². The van der Waals surface area contributed by atoms with Gasteiger partial charge >= 0.3 is 0 Å². The van der Waals surface area contributed by atoms with Gasteiger partial charge in [0.05, 0.1) is 10.8 Å². The summed E-state index contributed by atoms with van der Waals surface area (Å²) in [6.07, 6.45) is 7.80. The van der Waals surface area contributed by atoms with Crippen LogP contribution in [0.4, 0.5) is 0 Å². The third-order valence-corrected chi connectivity index (χ3v) is 9.23. The molecule has 174 valence electrons. The molecule has 2 aromatic carbocycles. The number of carbonyl (C=O) groups is 2. The lowest BCUT2D eigenvalue weighted by Crippen LogP contribution is -2.40. The maximum atomic E-state index is 13.2. The van der Waals surface area contributed by atoms with Gasteiger partial charge in [0.15, 0.2) is 11.6 Å². The largest absolute Gasteiger partial charge is 0.382 e. The van der Waals surface area contributed by atoms with Crippen molar-refractivity contribution in [2.24, 2.45) is 0 Å². The molecular weight excluding hydrogens is 436 g/mol. The molecule has 0 spiro atoms. The highest BCUT2D eigenvalue weighted by Crippen LogP contribution is 2.37. The molecule has 5 nitrogen and oxygen atoms in total. The van der Waals surface area contributed by atoms with E-state index in [-0.39, 0.29) is 11.6 Å². The van der Waals surface area contributed by atoms with Crippen molar-refractivity contribution >= 4 is 22.4 Å². The lowest BCUT2D eigenvalue weighted by atomic mass is 9.79. The third-order valence-electron chi connectivity index (χ3n) is 7.63. The summed E-state index contributed by atoms with van der Waals surface area (Å²) in [5, 5.41) is 21.8. The standard InChI is InChI=1S/C27H30O5S/c28-24(26(30)11-3-1-4-12-26)18-7-9-22-20(15-18)17-21-16-19(8-10-23(21)33(22)32)25(29)27(31)13-5-2-6-14-27/h7-10,15-16,30-31H,1-6,11-14,17H2. The molecule has 0 radical (unpaired) electrons. The number of hydrogen-bond acceptors (Lipinski definition) is 5. The monoisotopic (exact) mass is 466 g/mol. The fraction of sp³-hybridized carbons (Fsp3) is 0.481. The Morgan fingerprint density at radius 2 is 1.06 bits per heavy atom. The fourth-order valence-electron chi connectivity index (χ4n) is 5.67. The Morgan fingerprint density at radius 3 is 1.45 bits per heavy atom. The first-order valence-electron chi connectivity index (χ1n) is 12.0. The van der Waals surface area contributed by atoms with Crippen molar-refractivity contribution in [3.05, 3.63) is 58.7 Å². The minimum Gasteiger partial charge on any atom is -0.382 e.